The minimum atomic E-state index is 0. The SMILES string of the molecule is CC.CC1(C)CCCC1.I. The van der Waals surface area contributed by atoms with E-state index >= 15 is 0 Å². The van der Waals surface area contributed by atoms with Crippen LogP contribution in [0.2, 0.25) is 0 Å². The average molecular weight is 256 g/mol. The summed E-state index contributed by atoms with van der Waals surface area (Å²) in [4.78, 5) is 0. The first kappa shape index (κ1) is 13.3. The lowest BCUT2D eigenvalue weighted by Crippen LogP contribution is -2.01. The van der Waals surface area contributed by atoms with Gasteiger partial charge in [0, 0.05) is 0 Å². The topological polar surface area (TPSA) is 0 Å². The predicted octanol–water partition coefficient (Wildman–Crippen LogP) is 4.23. The van der Waals surface area contributed by atoms with Crippen LogP contribution in [0.4, 0.5) is 0 Å². The number of halogens is 1. The Bertz CT molecular complexity index is 59.1. The van der Waals surface area contributed by atoms with Crippen molar-refractivity contribution >= 4 is 24.0 Å². The smallest absolute Gasteiger partial charge is 0.0354 e. The van der Waals surface area contributed by atoms with Gasteiger partial charge < -0.3 is 0 Å². The Kier molecular flexibility index (Phi) is 8.58. The van der Waals surface area contributed by atoms with Crippen LogP contribution in [-0.2, 0) is 0 Å². The lowest BCUT2D eigenvalue weighted by atomic mass is 9.92. The summed E-state index contributed by atoms with van der Waals surface area (Å²) in [7, 11) is 0. The first-order valence-corrected chi connectivity index (χ1v) is 4.21. The van der Waals surface area contributed by atoms with E-state index in [4.69, 9.17) is 0 Å². The Morgan fingerprint density at radius 2 is 1.20 bits per heavy atom. The first-order valence-electron chi connectivity index (χ1n) is 4.21. The van der Waals surface area contributed by atoms with Gasteiger partial charge in [-0.25, -0.2) is 0 Å². The standard InChI is InChI=1S/C7H14.C2H6.HI/c1-7(2)5-3-4-6-7;1-2;/h3-6H2,1-2H3;1-2H3;1H. The zero-order valence-corrected chi connectivity index (χ0v) is 10.1. The Labute approximate surface area is 82.8 Å². The number of rotatable bonds is 0. The molecule has 0 aromatic heterocycles. The monoisotopic (exact) mass is 256 g/mol. The van der Waals surface area contributed by atoms with E-state index in [9.17, 15) is 0 Å². The van der Waals surface area contributed by atoms with Gasteiger partial charge in [0.2, 0.25) is 0 Å². The van der Waals surface area contributed by atoms with Crippen molar-refractivity contribution in [3.63, 3.8) is 0 Å². The van der Waals surface area contributed by atoms with E-state index in [-0.39, 0.29) is 24.0 Å². The average Bonchev–Trinajstić information content (AvgIpc) is 2.19. The molecule has 1 heteroatoms. The van der Waals surface area contributed by atoms with Crippen LogP contribution in [0.1, 0.15) is 53.4 Å². The lowest BCUT2D eigenvalue weighted by Gasteiger charge is -2.13. The molecule has 0 saturated heterocycles. The minimum absolute atomic E-state index is 0. The van der Waals surface area contributed by atoms with Gasteiger partial charge in [-0.05, 0) is 18.3 Å². The van der Waals surface area contributed by atoms with Gasteiger partial charge in [-0.1, -0.05) is 40.5 Å². The third kappa shape index (κ3) is 5.51. The molecule has 0 atom stereocenters. The molecule has 0 unspecified atom stereocenters. The van der Waals surface area contributed by atoms with E-state index in [1.54, 1.807) is 0 Å². The van der Waals surface area contributed by atoms with Gasteiger partial charge in [0.15, 0.2) is 0 Å². The summed E-state index contributed by atoms with van der Waals surface area (Å²) in [5, 5.41) is 0. The normalized spacial score (nSPS) is 20.4. The summed E-state index contributed by atoms with van der Waals surface area (Å²) in [5.41, 5.74) is 0.694. The van der Waals surface area contributed by atoms with Crippen LogP contribution in [0.25, 0.3) is 0 Å². The van der Waals surface area contributed by atoms with Gasteiger partial charge in [0.1, 0.15) is 0 Å². The van der Waals surface area contributed by atoms with Gasteiger partial charge in [0.05, 0.1) is 0 Å². The molecule has 1 fully saturated rings. The summed E-state index contributed by atoms with van der Waals surface area (Å²) < 4.78 is 0. The van der Waals surface area contributed by atoms with Crippen molar-refractivity contribution in [3.05, 3.63) is 0 Å². The molecule has 0 nitrogen and oxygen atoms in total. The fourth-order valence-electron chi connectivity index (χ4n) is 1.33. The molecule has 0 aromatic carbocycles. The molecule has 0 heterocycles. The Balaban J connectivity index is 0. The fourth-order valence-corrected chi connectivity index (χ4v) is 1.33. The van der Waals surface area contributed by atoms with Crippen LogP contribution in [0, 0.1) is 5.41 Å². The zero-order chi connectivity index (χ0) is 7.33. The molecular weight excluding hydrogens is 235 g/mol. The summed E-state index contributed by atoms with van der Waals surface area (Å²) in [6.45, 7) is 8.72. The quantitative estimate of drug-likeness (QED) is 0.569. The van der Waals surface area contributed by atoms with Crippen molar-refractivity contribution < 1.29 is 0 Å². The van der Waals surface area contributed by atoms with E-state index in [0.717, 1.165) is 0 Å². The molecule has 0 aliphatic heterocycles. The van der Waals surface area contributed by atoms with Crippen molar-refractivity contribution in [2.75, 3.05) is 0 Å². The van der Waals surface area contributed by atoms with Crippen LogP contribution < -0.4 is 0 Å². The zero-order valence-electron chi connectivity index (χ0n) is 7.74. The van der Waals surface area contributed by atoms with Gasteiger partial charge >= 0.3 is 0 Å². The second-order valence-electron chi connectivity index (χ2n) is 3.37. The molecule has 0 aromatic rings. The molecule has 1 saturated carbocycles. The maximum absolute atomic E-state index is 2.36. The third-order valence-corrected chi connectivity index (χ3v) is 1.96. The number of hydrogen-bond donors (Lipinski definition) is 0. The third-order valence-electron chi connectivity index (χ3n) is 1.96. The highest BCUT2D eigenvalue weighted by atomic mass is 127. The molecule has 0 bridgehead atoms. The van der Waals surface area contributed by atoms with E-state index in [1.165, 1.54) is 25.7 Å². The molecule has 1 rings (SSSR count). The van der Waals surface area contributed by atoms with Crippen molar-refractivity contribution in [2.24, 2.45) is 5.41 Å². The van der Waals surface area contributed by atoms with Gasteiger partial charge in [-0.3, -0.25) is 0 Å². The maximum Gasteiger partial charge on any atom is -0.0354 e. The van der Waals surface area contributed by atoms with Crippen LogP contribution in [0.15, 0.2) is 0 Å². The molecule has 64 valence electrons. The van der Waals surface area contributed by atoms with E-state index < -0.39 is 0 Å². The van der Waals surface area contributed by atoms with Crippen LogP contribution in [-0.4, -0.2) is 0 Å². The fraction of sp³-hybridized carbons (Fsp3) is 1.00. The first-order chi connectivity index (χ1) is 4.21. The Morgan fingerprint density at radius 1 is 0.900 bits per heavy atom. The van der Waals surface area contributed by atoms with E-state index in [2.05, 4.69) is 13.8 Å². The highest BCUT2D eigenvalue weighted by Gasteiger charge is 2.21. The molecule has 0 N–H and O–H groups in total. The van der Waals surface area contributed by atoms with Gasteiger partial charge in [-0.2, -0.15) is 0 Å². The number of hydrogen-bond acceptors (Lipinski definition) is 0. The summed E-state index contributed by atoms with van der Waals surface area (Å²) >= 11 is 0. The Hall–Kier alpha value is 0.730. The predicted molar refractivity (Wildman–Crippen MR) is 59.0 cm³/mol. The van der Waals surface area contributed by atoms with Crippen LogP contribution in [0.3, 0.4) is 0 Å². The molecule has 10 heavy (non-hydrogen) atoms. The van der Waals surface area contributed by atoms with Crippen molar-refractivity contribution in [2.45, 2.75) is 53.4 Å². The lowest BCUT2D eigenvalue weighted by molar-refractivity contribution is 0.382. The van der Waals surface area contributed by atoms with Crippen LogP contribution >= 0.6 is 24.0 Å². The van der Waals surface area contributed by atoms with Crippen molar-refractivity contribution in [1.29, 1.82) is 0 Å². The van der Waals surface area contributed by atoms with Crippen molar-refractivity contribution in [3.8, 4) is 0 Å². The van der Waals surface area contributed by atoms with E-state index in [1.807, 2.05) is 13.8 Å². The molecule has 1 aliphatic carbocycles. The molecule has 0 radical (unpaired) electrons. The van der Waals surface area contributed by atoms with Gasteiger partial charge in [0.25, 0.3) is 0 Å². The summed E-state index contributed by atoms with van der Waals surface area (Å²) in [6, 6.07) is 0. The molecule has 0 amide bonds. The Morgan fingerprint density at radius 3 is 1.30 bits per heavy atom. The highest BCUT2D eigenvalue weighted by molar-refractivity contribution is 14.0. The maximum atomic E-state index is 2.36. The van der Waals surface area contributed by atoms with Crippen molar-refractivity contribution in [1.82, 2.24) is 0 Å². The van der Waals surface area contributed by atoms with E-state index in [0.29, 0.717) is 5.41 Å². The minimum Gasteiger partial charge on any atom is -0.107 e. The molecular formula is C9H21I. The van der Waals surface area contributed by atoms with Gasteiger partial charge in [-0.15, -0.1) is 24.0 Å². The molecule has 1 aliphatic rings. The summed E-state index contributed by atoms with van der Waals surface area (Å²) in [6.07, 6.45) is 5.83. The van der Waals surface area contributed by atoms with Crippen LogP contribution in [0.5, 0.6) is 0 Å². The highest BCUT2D eigenvalue weighted by Crippen LogP contribution is 2.36. The summed E-state index contributed by atoms with van der Waals surface area (Å²) in [5.74, 6) is 0. The molecule has 0 spiro atoms. The second kappa shape index (κ2) is 6.44. The largest absolute Gasteiger partial charge is 0.107 e. The second-order valence-corrected chi connectivity index (χ2v) is 3.37.